The second-order valence-corrected chi connectivity index (χ2v) is 8.15. The summed E-state index contributed by atoms with van der Waals surface area (Å²) in [4.78, 5) is 19.2. The number of benzene rings is 1. The average molecular weight is 418 g/mol. The zero-order valence-electron chi connectivity index (χ0n) is 14.7. The maximum Gasteiger partial charge on any atom is 0.261 e. The van der Waals surface area contributed by atoms with Gasteiger partial charge in [0.05, 0.1) is 17.9 Å². The summed E-state index contributed by atoms with van der Waals surface area (Å²) in [7, 11) is 0. The molecular formula is C18H22ClF2N3O2S. The van der Waals surface area contributed by atoms with Crippen LogP contribution in [-0.2, 0) is 5.75 Å². The van der Waals surface area contributed by atoms with E-state index in [4.69, 9.17) is 4.74 Å². The average Bonchev–Trinajstić information content (AvgIpc) is 3.43. The van der Waals surface area contributed by atoms with Crippen molar-refractivity contribution in [1.82, 2.24) is 15.3 Å². The van der Waals surface area contributed by atoms with Gasteiger partial charge in [0.2, 0.25) is 0 Å². The first-order valence-corrected chi connectivity index (χ1v) is 9.96. The fourth-order valence-corrected chi connectivity index (χ4v) is 4.17. The van der Waals surface area contributed by atoms with Crippen LogP contribution in [0.5, 0.6) is 5.75 Å². The number of ether oxygens (including phenoxy) is 1. The molecule has 148 valence electrons. The maximum absolute atomic E-state index is 14.3. The minimum Gasteiger partial charge on any atom is -0.493 e. The maximum atomic E-state index is 14.3. The summed E-state index contributed by atoms with van der Waals surface area (Å²) in [6, 6.07) is 2.84. The van der Waals surface area contributed by atoms with E-state index in [1.807, 2.05) is 0 Å². The highest BCUT2D eigenvalue weighted by atomic mass is 35.5. The first-order chi connectivity index (χ1) is 12.6. The number of nitrogens with one attached hydrogen (secondary N) is 2. The van der Waals surface area contributed by atoms with Crippen molar-refractivity contribution in [3.8, 4) is 5.75 Å². The Hall–Kier alpha value is -1.38. The first-order valence-electron chi connectivity index (χ1n) is 8.92. The van der Waals surface area contributed by atoms with Crippen LogP contribution < -0.4 is 15.6 Å². The van der Waals surface area contributed by atoms with Crippen LogP contribution in [0, 0.1) is 11.7 Å². The highest BCUT2D eigenvalue weighted by Crippen LogP contribution is 2.30. The van der Waals surface area contributed by atoms with Gasteiger partial charge in [0, 0.05) is 23.9 Å². The number of alkyl halides is 1. The zero-order valence-corrected chi connectivity index (χ0v) is 16.3. The molecule has 1 aromatic carbocycles. The Morgan fingerprint density at radius 3 is 2.85 bits per heavy atom. The van der Waals surface area contributed by atoms with Gasteiger partial charge in [-0.05, 0) is 31.7 Å². The number of aromatic nitrogens is 2. The number of rotatable bonds is 6. The zero-order chi connectivity index (χ0) is 18.1. The SMILES string of the molecule is Cl.O=c1[nH]c(CS[C@H]2CCNC[C@H]2F)nc2cc(OCC3CC3)cc(F)c12. The van der Waals surface area contributed by atoms with E-state index in [2.05, 4.69) is 15.3 Å². The second kappa shape index (κ2) is 8.75. The van der Waals surface area contributed by atoms with Gasteiger partial charge >= 0.3 is 0 Å². The normalized spacial score (nSPS) is 22.4. The third-order valence-corrected chi connectivity index (χ3v) is 6.15. The molecule has 1 aromatic heterocycles. The quantitative estimate of drug-likeness (QED) is 0.755. The third-order valence-electron chi connectivity index (χ3n) is 4.75. The van der Waals surface area contributed by atoms with Crippen molar-refractivity contribution in [3.63, 3.8) is 0 Å². The highest BCUT2D eigenvalue weighted by Gasteiger charge is 2.25. The van der Waals surface area contributed by atoms with Crippen LogP contribution in [-0.4, -0.2) is 41.1 Å². The molecule has 0 amide bonds. The van der Waals surface area contributed by atoms with E-state index in [1.54, 1.807) is 6.07 Å². The molecule has 2 fully saturated rings. The number of H-pyrrole nitrogens is 1. The molecule has 0 radical (unpaired) electrons. The van der Waals surface area contributed by atoms with E-state index in [0.717, 1.165) is 25.8 Å². The van der Waals surface area contributed by atoms with E-state index < -0.39 is 17.5 Å². The van der Waals surface area contributed by atoms with Crippen molar-refractivity contribution in [2.45, 2.75) is 36.4 Å². The second-order valence-electron chi connectivity index (χ2n) is 6.92. The molecule has 0 unspecified atom stereocenters. The van der Waals surface area contributed by atoms with Crippen LogP contribution in [0.25, 0.3) is 10.9 Å². The number of hydrogen-bond acceptors (Lipinski definition) is 5. The standard InChI is InChI=1S/C18H21F2N3O2S.ClH/c19-12-5-11(25-8-10-1-2-10)6-14-17(12)18(24)23-16(22-14)9-26-15-3-4-21-7-13(15)20;/h5-6,10,13,15,21H,1-4,7-9H2,(H,22,23,24);1H/t13-,15+;/m1./s1. The molecule has 2 aromatic rings. The Morgan fingerprint density at radius 1 is 1.30 bits per heavy atom. The lowest BCUT2D eigenvalue weighted by atomic mass is 10.1. The molecular weight excluding hydrogens is 396 g/mol. The topological polar surface area (TPSA) is 67.0 Å². The van der Waals surface area contributed by atoms with Crippen LogP contribution >= 0.6 is 24.2 Å². The monoisotopic (exact) mass is 417 g/mol. The summed E-state index contributed by atoms with van der Waals surface area (Å²) in [5.41, 5.74) is -0.240. The smallest absolute Gasteiger partial charge is 0.261 e. The Labute approximate surface area is 166 Å². The Kier molecular flexibility index (Phi) is 6.60. The van der Waals surface area contributed by atoms with Gasteiger partial charge < -0.3 is 15.0 Å². The Morgan fingerprint density at radius 2 is 2.11 bits per heavy atom. The predicted molar refractivity (Wildman–Crippen MR) is 105 cm³/mol. The van der Waals surface area contributed by atoms with Gasteiger partial charge in [-0.2, -0.15) is 0 Å². The minimum atomic E-state index is -0.916. The van der Waals surface area contributed by atoms with Crippen molar-refractivity contribution in [1.29, 1.82) is 0 Å². The largest absolute Gasteiger partial charge is 0.493 e. The van der Waals surface area contributed by atoms with Gasteiger partial charge in [0.15, 0.2) is 0 Å². The number of halogens is 3. The molecule has 2 atom stereocenters. The molecule has 0 bridgehead atoms. The van der Waals surface area contributed by atoms with Crippen LogP contribution in [0.4, 0.5) is 8.78 Å². The summed E-state index contributed by atoms with van der Waals surface area (Å²) in [6.45, 7) is 1.70. The lowest BCUT2D eigenvalue weighted by molar-refractivity contribution is 0.275. The summed E-state index contributed by atoms with van der Waals surface area (Å²) >= 11 is 1.43. The Bertz CT molecular complexity index is 862. The highest BCUT2D eigenvalue weighted by molar-refractivity contribution is 7.99. The number of piperidine rings is 1. The molecule has 1 aliphatic carbocycles. The lowest BCUT2D eigenvalue weighted by Gasteiger charge is -2.25. The number of nitrogens with zero attached hydrogens (tertiary/aromatic N) is 1. The van der Waals surface area contributed by atoms with E-state index in [-0.39, 0.29) is 28.6 Å². The van der Waals surface area contributed by atoms with Crippen LogP contribution in [0.15, 0.2) is 16.9 Å². The summed E-state index contributed by atoms with van der Waals surface area (Å²) in [5.74, 6) is 1.11. The molecule has 27 heavy (non-hydrogen) atoms. The predicted octanol–water partition coefficient (Wildman–Crippen LogP) is 3.21. The molecule has 5 nitrogen and oxygen atoms in total. The summed E-state index contributed by atoms with van der Waals surface area (Å²) in [6.07, 6.45) is 2.10. The lowest BCUT2D eigenvalue weighted by Crippen LogP contribution is -2.39. The van der Waals surface area contributed by atoms with Crippen molar-refractivity contribution < 1.29 is 13.5 Å². The van der Waals surface area contributed by atoms with Crippen molar-refractivity contribution in [2.24, 2.45) is 5.92 Å². The van der Waals surface area contributed by atoms with Gasteiger partial charge in [-0.25, -0.2) is 13.8 Å². The molecule has 4 rings (SSSR count). The van der Waals surface area contributed by atoms with Gasteiger partial charge in [-0.3, -0.25) is 4.79 Å². The minimum absolute atomic E-state index is 0. The molecule has 1 aliphatic heterocycles. The van der Waals surface area contributed by atoms with Gasteiger partial charge in [-0.15, -0.1) is 24.2 Å². The molecule has 2 heterocycles. The number of thioether (sulfide) groups is 1. The van der Waals surface area contributed by atoms with Gasteiger partial charge in [0.25, 0.3) is 5.56 Å². The van der Waals surface area contributed by atoms with E-state index in [0.29, 0.717) is 36.4 Å². The summed E-state index contributed by atoms with van der Waals surface area (Å²) in [5, 5.41) is 2.83. The van der Waals surface area contributed by atoms with Crippen LogP contribution in [0.1, 0.15) is 25.1 Å². The van der Waals surface area contributed by atoms with Crippen molar-refractivity contribution >= 4 is 35.1 Å². The summed E-state index contributed by atoms with van der Waals surface area (Å²) < 4.78 is 33.8. The molecule has 1 saturated carbocycles. The number of aromatic amines is 1. The van der Waals surface area contributed by atoms with Crippen LogP contribution in [0.2, 0.25) is 0 Å². The van der Waals surface area contributed by atoms with E-state index in [1.165, 1.54) is 17.8 Å². The third kappa shape index (κ3) is 4.92. The van der Waals surface area contributed by atoms with E-state index in [9.17, 15) is 13.6 Å². The molecule has 1 saturated heterocycles. The fraction of sp³-hybridized carbons (Fsp3) is 0.556. The van der Waals surface area contributed by atoms with Crippen LogP contribution in [0.3, 0.4) is 0 Å². The number of fused-ring (bicyclic) bond motifs is 1. The first kappa shape index (κ1) is 20.4. The molecule has 2 N–H and O–H groups in total. The fourth-order valence-electron chi connectivity index (χ4n) is 3.07. The van der Waals surface area contributed by atoms with Gasteiger partial charge in [0.1, 0.15) is 28.9 Å². The van der Waals surface area contributed by atoms with Crippen molar-refractivity contribution in [2.75, 3.05) is 19.7 Å². The number of hydrogen-bond donors (Lipinski definition) is 2. The Balaban J connectivity index is 0.00000210. The molecule has 0 spiro atoms. The molecule has 9 heteroatoms. The van der Waals surface area contributed by atoms with E-state index >= 15 is 0 Å². The molecule has 2 aliphatic rings. The van der Waals surface area contributed by atoms with Gasteiger partial charge in [-0.1, -0.05) is 0 Å². The van der Waals surface area contributed by atoms with Crippen molar-refractivity contribution in [3.05, 3.63) is 34.1 Å².